The first-order valence-electron chi connectivity index (χ1n) is 5.27. The van der Waals surface area contributed by atoms with Crippen molar-refractivity contribution < 1.29 is 0 Å². The summed E-state index contributed by atoms with van der Waals surface area (Å²) in [6.07, 6.45) is 5.19. The highest BCUT2D eigenvalue weighted by atomic mass is 32.1. The Morgan fingerprint density at radius 2 is 2.31 bits per heavy atom. The number of hydrogen-bond donors (Lipinski definition) is 2. The van der Waals surface area contributed by atoms with Crippen molar-refractivity contribution in [3.63, 3.8) is 0 Å². The van der Waals surface area contributed by atoms with Crippen LogP contribution in [-0.4, -0.2) is 19.0 Å². The van der Waals surface area contributed by atoms with Gasteiger partial charge in [-0.25, -0.2) is 4.99 Å². The van der Waals surface area contributed by atoms with Crippen LogP contribution < -0.4 is 10.6 Å². The highest BCUT2D eigenvalue weighted by Gasteiger charge is 1.97. The highest BCUT2D eigenvalue weighted by molar-refractivity contribution is 7.11. The monoisotopic (exact) mass is 235 g/mol. The molecule has 1 heterocycles. The number of hydrogen-bond acceptors (Lipinski definition) is 2. The fraction of sp³-hybridized carbons (Fsp3) is 0.417. The first-order chi connectivity index (χ1) is 7.76. The number of nitrogens with zero attached hydrogens (tertiary/aromatic N) is 1. The van der Waals surface area contributed by atoms with E-state index in [4.69, 9.17) is 6.42 Å². The molecule has 0 aliphatic carbocycles. The third kappa shape index (κ3) is 4.37. The Morgan fingerprint density at radius 1 is 1.50 bits per heavy atom. The molecule has 86 valence electrons. The van der Waals surface area contributed by atoms with Gasteiger partial charge in [0, 0.05) is 16.3 Å². The summed E-state index contributed by atoms with van der Waals surface area (Å²) in [4.78, 5) is 7.02. The van der Waals surface area contributed by atoms with Gasteiger partial charge in [0.05, 0.1) is 13.1 Å². The standard InChI is InChI=1S/C12H17N3S/c1-4-8-14-12(13-5-2)15-9-11-7-6-10(3)16-11/h1,6-7H,5,8-9H2,2-3H3,(H2,13,14,15). The Kier molecular flexibility index (Phi) is 5.44. The summed E-state index contributed by atoms with van der Waals surface area (Å²) >= 11 is 1.77. The number of terminal acetylenes is 1. The summed E-state index contributed by atoms with van der Waals surface area (Å²) in [5.74, 6) is 3.30. The van der Waals surface area contributed by atoms with Gasteiger partial charge in [-0.05, 0) is 26.0 Å². The summed E-state index contributed by atoms with van der Waals surface area (Å²) in [5.41, 5.74) is 0. The second-order valence-electron chi connectivity index (χ2n) is 3.27. The molecule has 0 aliphatic heterocycles. The molecule has 0 amide bonds. The van der Waals surface area contributed by atoms with Crippen LogP contribution in [0.25, 0.3) is 0 Å². The van der Waals surface area contributed by atoms with Gasteiger partial charge in [-0.3, -0.25) is 0 Å². The molecule has 0 fully saturated rings. The van der Waals surface area contributed by atoms with E-state index in [2.05, 4.69) is 40.6 Å². The predicted molar refractivity (Wildman–Crippen MR) is 70.7 cm³/mol. The van der Waals surface area contributed by atoms with Crippen LogP contribution >= 0.6 is 11.3 Å². The number of thiophene rings is 1. The van der Waals surface area contributed by atoms with Crippen LogP contribution in [0.2, 0.25) is 0 Å². The molecule has 0 bridgehead atoms. The van der Waals surface area contributed by atoms with E-state index in [1.165, 1.54) is 9.75 Å². The molecule has 0 saturated carbocycles. The van der Waals surface area contributed by atoms with E-state index in [1.54, 1.807) is 11.3 Å². The third-order valence-electron chi connectivity index (χ3n) is 1.89. The highest BCUT2D eigenvalue weighted by Crippen LogP contribution is 2.15. The maximum atomic E-state index is 5.19. The molecular formula is C12H17N3S. The molecule has 0 radical (unpaired) electrons. The van der Waals surface area contributed by atoms with Crippen molar-refractivity contribution in [2.75, 3.05) is 13.1 Å². The minimum atomic E-state index is 0.495. The van der Waals surface area contributed by atoms with Crippen molar-refractivity contribution in [3.8, 4) is 12.3 Å². The zero-order valence-corrected chi connectivity index (χ0v) is 10.5. The molecule has 0 spiro atoms. The van der Waals surface area contributed by atoms with Gasteiger partial charge in [-0.1, -0.05) is 5.92 Å². The van der Waals surface area contributed by atoms with E-state index < -0.39 is 0 Å². The SMILES string of the molecule is C#CCNC(=NCc1ccc(C)s1)NCC. The Bertz CT molecular complexity index is 387. The van der Waals surface area contributed by atoms with Crippen molar-refractivity contribution in [1.29, 1.82) is 0 Å². The molecule has 0 atom stereocenters. The molecule has 3 nitrogen and oxygen atoms in total. The summed E-state index contributed by atoms with van der Waals surface area (Å²) < 4.78 is 0. The Balaban J connectivity index is 2.53. The molecule has 1 aromatic rings. The molecule has 0 saturated heterocycles. The fourth-order valence-corrected chi connectivity index (χ4v) is 2.02. The van der Waals surface area contributed by atoms with Crippen LogP contribution in [0.1, 0.15) is 16.7 Å². The normalized spacial score (nSPS) is 10.9. The fourth-order valence-electron chi connectivity index (χ4n) is 1.20. The largest absolute Gasteiger partial charge is 0.357 e. The predicted octanol–water partition coefficient (Wildman–Crippen LogP) is 1.74. The van der Waals surface area contributed by atoms with Gasteiger partial charge < -0.3 is 10.6 Å². The summed E-state index contributed by atoms with van der Waals surface area (Å²) in [6, 6.07) is 4.21. The molecule has 0 aromatic carbocycles. The zero-order chi connectivity index (χ0) is 11.8. The molecule has 0 aliphatic rings. The number of rotatable bonds is 4. The van der Waals surface area contributed by atoms with Crippen LogP contribution in [0.5, 0.6) is 0 Å². The summed E-state index contributed by atoms with van der Waals surface area (Å²) in [5, 5.41) is 6.20. The second kappa shape index (κ2) is 6.91. The quantitative estimate of drug-likeness (QED) is 0.474. The minimum absolute atomic E-state index is 0.495. The molecule has 1 rings (SSSR count). The topological polar surface area (TPSA) is 36.4 Å². The van der Waals surface area contributed by atoms with Crippen LogP contribution in [0, 0.1) is 19.3 Å². The average molecular weight is 235 g/mol. The Hall–Kier alpha value is -1.47. The van der Waals surface area contributed by atoms with Crippen molar-refractivity contribution >= 4 is 17.3 Å². The lowest BCUT2D eigenvalue weighted by Crippen LogP contribution is -2.37. The van der Waals surface area contributed by atoms with Crippen molar-refractivity contribution in [3.05, 3.63) is 21.9 Å². The second-order valence-corrected chi connectivity index (χ2v) is 4.64. The van der Waals surface area contributed by atoms with Gasteiger partial charge in [0.25, 0.3) is 0 Å². The first-order valence-corrected chi connectivity index (χ1v) is 6.09. The van der Waals surface area contributed by atoms with Crippen molar-refractivity contribution in [1.82, 2.24) is 10.6 Å². The third-order valence-corrected chi connectivity index (χ3v) is 2.88. The molecule has 16 heavy (non-hydrogen) atoms. The van der Waals surface area contributed by atoms with Crippen LogP contribution in [-0.2, 0) is 6.54 Å². The Labute approximate surface area is 101 Å². The maximum absolute atomic E-state index is 5.19. The lowest BCUT2D eigenvalue weighted by Gasteiger charge is -2.07. The number of nitrogens with one attached hydrogen (secondary N) is 2. The average Bonchev–Trinajstić information content (AvgIpc) is 2.68. The van der Waals surface area contributed by atoms with Gasteiger partial charge in [-0.2, -0.15) is 0 Å². The van der Waals surface area contributed by atoms with Crippen molar-refractivity contribution in [2.45, 2.75) is 20.4 Å². The van der Waals surface area contributed by atoms with Gasteiger partial charge in [0.2, 0.25) is 0 Å². The molecule has 1 aromatic heterocycles. The number of aliphatic imine (C=N–C) groups is 1. The summed E-state index contributed by atoms with van der Waals surface area (Å²) in [6.45, 7) is 6.15. The van der Waals surface area contributed by atoms with E-state index in [1.807, 2.05) is 6.92 Å². The zero-order valence-electron chi connectivity index (χ0n) is 9.71. The van der Waals surface area contributed by atoms with Gasteiger partial charge in [-0.15, -0.1) is 17.8 Å². The first kappa shape index (κ1) is 12.6. The van der Waals surface area contributed by atoms with Crippen LogP contribution in [0.3, 0.4) is 0 Å². The molecule has 2 N–H and O–H groups in total. The number of aryl methyl sites for hydroxylation is 1. The summed E-state index contributed by atoms with van der Waals surface area (Å²) in [7, 11) is 0. The van der Waals surface area contributed by atoms with E-state index >= 15 is 0 Å². The lowest BCUT2D eigenvalue weighted by molar-refractivity contribution is 0.868. The van der Waals surface area contributed by atoms with Crippen LogP contribution in [0.15, 0.2) is 17.1 Å². The van der Waals surface area contributed by atoms with E-state index in [0.29, 0.717) is 13.1 Å². The van der Waals surface area contributed by atoms with Gasteiger partial charge >= 0.3 is 0 Å². The molecular weight excluding hydrogens is 218 g/mol. The van der Waals surface area contributed by atoms with Gasteiger partial charge in [0.15, 0.2) is 5.96 Å². The minimum Gasteiger partial charge on any atom is -0.357 e. The van der Waals surface area contributed by atoms with Crippen molar-refractivity contribution in [2.24, 2.45) is 4.99 Å². The molecule has 0 unspecified atom stereocenters. The Morgan fingerprint density at radius 3 is 2.88 bits per heavy atom. The smallest absolute Gasteiger partial charge is 0.192 e. The number of guanidine groups is 1. The van der Waals surface area contributed by atoms with Gasteiger partial charge in [0.1, 0.15) is 0 Å². The maximum Gasteiger partial charge on any atom is 0.192 e. The van der Waals surface area contributed by atoms with Crippen LogP contribution in [0.4, 0.5) is 0 Å². The molecule has 4 heteroatoms. The van der Waals surface area contributed by atoms with E-state index in [0.717, 1.165) is 12.5 Å². The van der Waals surface area contributed by atoms with E-state index in [9.17, 15) is 0 Å². The van der Waals surface area contributed by atoms with E-state index in [-0.39, 0.29) is 0 Å². The lowest BCUT2D eigenvalue weighted by atomic mass is 10.4.